The average molecular weight is 225 g/mol. The van der Waals surface area contributed by atoms with Gasteiger partial charge in [-0.15, -0.1) is 0 Å². The van der Waals surface area contributed by atoms with E-state index in [0.29, 0.717) is 0 Å². The summed E-state index contributed by atoms with van der Waals surface area (Å²) in [5, 5.41) is 17.9. The highest BCUT2D eigenvalue weighted by molar-refractivity contribution is 6.03. The van der Waals surface area contributed by atoms with E-state index in [1.807, 2.05) is 36.4 Å². The topological polar surface area (TPSA) is 61.2 Å². The zero-order chi connectivity index (χ0) is 12.3. The number of carbonyl (C=O) groups is 1. The van der Waals surface area contributed by atoms with Crippen LogP contribution in [0.2, 0.25) is 0 Å². The summed E-state index contributed by atoms with van der Waals surface area (Å²) in [4.78, 5) is 10.5. The van der Waals surface area contributed by atoms with Crippen molar-refractivity contribution in [1.82, 2.24) is 0 Å². The predicted octanol–water partition coefficient (Wildman–Crippen LogP) is 2.94. The Morgan fingerprint density at radius 1 is 1.06 bits per heavy atom. The maximum Gasteiger partial charge on any atom is 0.328 e. The number of hydrogen-bond donors (Lipinski definition) is 2. The van der Waals surface area contributed by atoms with E-state index in [9.17, 15) is 4.79 Å². The van der Waals surface area contributed by atoms with E-state index >= 15 is 0 Å². The molecule has 0 heterocycles. The fourth-order valence-corrected chi connectivity index (χ4v) is 1.78. The summed E-state index contributed by atoms with van der Waals surface area (Å²) in [6, 6.07) is 11.3. The van der Waals surface area contributed by atoms with E-state index in [1.54, 1.807) is 6.08 Å². The first-order valence-electron chi connectivity index (χ1n) is 5.15. The molecule has 0 bridgehead atoms. The molecule has 2 aromatic carbocycles. The fraction of sp³-hybridized carbons (Fsp3) is 0. The van der Waals surface area contributed by atoms with Gasteiger partial charge in [0.05, 0.1) is 0 Å². The van der Waals surface area contributed by atoms with E-state index in [4.69, 9.17) is 10.5 Å². The molecular weight excluding hydrogens is 214 g/mol. The Kier molecular flexibility index (Phi) is 3.01. The lowest BCUT2D eigenvalue weighted by molar-refractivity contribution is -0.131. The Morgan fingerprint density at radius 2 is 1.65 bits per heavy atom. The summed E-state index contributed by atoms with van der Waals surface area (Å²) in [7, 11) is 0. The van der Waals surface area contributed by atoms with Crippen molar-refractivity contribution in [2.45, 2.75) is 0 Å². The van der Waals surface area contributed by atoms with Crippen LogP contribution >= 0.6 is 0 Å². The summed E-state index contributed by atoms with van der Waals surface area (Å²) in [5.41, 5.74) is 1.67. The molecule has 17 heavy (non-hydrogen) atoms. The SMILES string of the molecule is N=Cc1ccc(/C=C/C(=O)O)c2ccccc12. The van der Waals surface area contributed by atoms with E-state index in [-0.39, 0.29) is 0 Å². The van der Waals surface area contributed by atoms with Gasteiger partial charge in [-0.3, -0.25) is 0 Å². The quantitative estimate of drug-likeness (QED) is 0.623. The molecule has 0 aromatic heterocycles. The highest BCUT2D eigenvalue weighted by Gasteiger charge is 2.02. The Balaban J connectivity index is 2.66. The number of nitrogens with one attached hydrogen (secondary N) is 1. The van der Waals surface area contributed by atoms with Crippen molar-refractivity contribution in [3.8, 4) is 0 Å². The molecule has 0 aliphatic heterocycles. The van der Waals surface area contributed by atoms with Gasteiger partial charge in [0.1, 0.15) is 0 Å². The van der Waals surface area contributed by atoms with Gasteiger partial charge in [0.25, 0.3) is 0 Å². The number of carboxylic acid groups (broad SMARTS) is 1. The number of hydrogen-bond acceptors (Lipinski definition) is 2. The molecule has 3 heteroatoms. The number of aliphatic carboxylic acids is 1. The Labute approximate surface area is 98.5 Å². The minimum absolute atomic E-state index is 0.827. The van der Waals surface area contributed by atoms with E-state index in [1.165, 1.54) is 6.21 Å². The zero-order valence-electron chi connectivity index (χ0n) is 9.05. The third-order valence-electron chi connectivity index (χ3n) is 2.55. The van der Waals surface area contributed by atoms with Crippen LogP contribution in [0.4, 0.5) is 0 Å². The summed E-state index contributed by atoms with van der Waals surface area (Å²) in [6.07, 6.45) is 3.98. The lowest BCUT2D eigenvalue weighted by Crippen LogP contribution is -1.88. The zero-order valence-corrected chi connectivity index (χ0v) is 9.05. The molecule has 0 radical (unpaired) electrons. The van der Waals surface area contributed by atoms with E-state index < -0.39 is 5.97 Å². The first-order valence-corrected chi connectivity index (χ1v) is 5.15. The minimum Gasteiger partial charge on any atom is -0.478 e. The van der Waals surface area contributed by atoms with Crippen LogP contribution in [0.5, 0.6) is 0 Å². The van der Waals surface area contributed by atoms with Gasteiger partial charge in [-0.2, -0.15) is 0 Å². The second-order valence-corrected chi connectivity index (χ2v) is 3.61. The molecular formula is C14H11NO2. The molecule has 84 valence electrons. The van der Waals surface area contributed by atoms with Crippen LogP contribution in [0.25, 0.3) is 16.8 Å². The van der Waals surface area contributed by atoms with Crippen molar-refractivity contribution in [1.29, 1.82) is 5.41 Å². The van der Waals surface area contributed by atoms with Gasteiger partial charge in [0, 0.05) is 12.3 Å². The van der Waals surface area contributed by atoms with Crippen LogP contribution < -0.4 is 0 Å². The number of rotatable bonds is 3. The second kappa shape index (κ2) is 4.61. The van der Waals surface area contributed by atoms with Crippen LogP contribution in [0.15, 0.2) is 42.5 Å². The monoisotopic (exact) mass is 225 g/mol. The Morgan fingerprint density at radius 3 is 2.24 bits per heavy atom. The third kappa shape index (κ3) is 2.23. The first kappa shape index (κ1) is 11.1. The van der Waals surface area contributed by atoms with E-state index in [0.717, 1.165) is 28.0 Å². The third-order valence-corrected chi connectivity index (χ3v) is 2.55. The summed E-state index contributed by atoms with van der Waals surface area (Å²) >= 11 is 0. The molecule has 0 spiro atoms. The maximum atomic E-state index is 10.5. The molecule has 0 saturated heterocycles. The second-order valence-electron chi connectivity index (χ2n) is 3.61. The molecule has 0 unspecified atom stereocenters. The van der Waals surface area contributed by atoms with Crippen LogP contribution in [-0.4, -0.2) is 17.3 Å². The van der Waals surface area contributed by atoms with Crippen LogP contribution in [-0.2, 0) is 4.79 Å². The molecule has 3 nitrogen and oxygen atoms in total. The lowest BCUT2D eigenvalue weighted by Gasteiger charge is -2.05. The highest BCUT2D eigenvalue weighted by atomic mass is 16.4. The van der Waals surface area contributed by atoms with Crippen molar-refractivity contribution in [2.24, 2.45) is 0 Å². The summed E-state index contributed by atoms with van der Waals surface area (Å²) < 4.78 is 0. The number of benzene rings is 2. The normalized spacial score (nSPS) is 10.8. The fourth-order valence-electron chi connectivity index (χ4n) is 1.78. The van der Waals surface area contributed by atoms with Crippen LogP contribution in [0, 0.1) is 5.41 Å². The summed E-state index contributed by atoms with van der Waals surface area (Å²) in [6.45, 7) is 0. The number of carboxylic acids is 1. The lowest BCUT2D eigenvalue weighted by atomic mass is 10.00. The van der Waals surface area contributed by atoms with Gasteiger partial charge in [0.2, 0.25) is 0 Å². The highest BCUT2D eigenvalue weighted by Crippen LogP contribution is 2.22. The molecule has 0 amide bonds. The largest absolute Gasteiger partial charge is 0.478 e. The van der Waals surface area contributed by atoms with Gasteiger partial charge in [-0.25, -0.2) is 4.79 Å². The maximum absolute atomic E-state index is 10.5. The molecule has 0 fully saturated rings. The van der Waals surface area contributed by atoms with Gasteiger partial charge >= 0.3 is 5.97 Å². The molecule has 2 N–H and O–H groups in total. The van der Waals surface area contributed by atoms with Crippen molar-refractivity contribution in [3.63, 3.8) is 0 Å². The molecule has 2 aromatic rings. The number of fused-ring (bicyclic) bond motifs is 1. The van der Waals surface area contributed by atoms with Gasteiger partial charge in [-0.1, -0.05) is 36.4 Å². The van der Waals surface area contributed by atoms with Crippen molar-refractivity contribution in [2.75, 3.05) is 0 Å². The first-order chi connectivity index (χ1) is 8.22. The van der Waals surface area contributed by atoms with Crippen LogP contribution in [0.1, 0.15) is 11.1 Å². The van der Waals surface area contributed by atoms with E-state index in [2.05, 4.69) is 0 Å². The average Bonchev–Trinajstić information content (AvgIpc) is 2.35. The summed E-state index contributed by atoms with van der Waals surface area (Å²) in [5.74, 6) is -0.967. The van der Waals surface area contributed by atoms with Gasteiger partial charge in [-0.05, 0) is 28.0 Å². The predicted molar refractivity (Wildman–Crippen MR) is 68.5 cm³/mol. The molecule has 0 aliphatic carbocycles. The van der Waals surface area contributed by atoms with Crippen molar-refractivity contribution < 1.29 is 9.90 Å². The molecule has 0 aliphatic rings. The minimum atomic E-state index is -0.967. The smallest absolute Gasteiger partial charge is 0.328 e. The molecule has 0 atom stereocenters. The van der Waals surface area contributed by atoms with Gasteiger partial charge in [0.15, 0.2) is 0 Å². The van der Waals surface area contributed by atoms with Gasteiger partial charge < -0.3 is 10.5 Å². The molecule has 0 saturated carbocycles. The standard InChI is InChI=1S/C14H11NO2/c15-9-11-6-5-10(7-8-14(16)17)12-3-1-2-4-13(11)12/h1-9,15H,(H,16,17)/b8-7+,15-9?. The Hall–Kier alpha value is -2.42. The van der Waals surface area contributed by atoms with Crippen molar-refractivity contribution >= 4 is 29.0 Å². The van der Waals surface area contributed by atoms with Crippen molar-refractivity contribution in [3.05, 3.63) is 53.6 Å². The molecule has 2 rings (SSSR count). The Bertz CT molecular complexity index is 615. The van der Waals surface area contributed by atoms with Crippen LogP contribution in [0.3, 0.4) is 0 Å².